The van der Waals surface area contributed by atoms with Gasteiger partial charge in [0.2, 0.25) is 5.91 Å². The molecule has 0 radical (unpaired) electrons. The lowest BCUT2D eigenvalue weighted by molar-refractivity contribution is -0.115. The van der Waals surface area contributed by atoms with Gasteiger partial charge in [0, 0.05) is 24.7 Å². The summed E-state index contributed by atoms with van der Waals surface area (Å²) in [6, 6.07) is 5.59. The summed E-state index contributed by atoms with van der Waals surface area (Å²) in [4.78, 5) is 40.4. The summed E-state index contributed by atoms with van der Waals surface area (Å²) in [5.74, 6) is -1.09. The zero-order chi connectivity index (χ0) is 19.0. The fourth-order valence-electron chi connectivity index (χ4n) is 2.60. The molecule has 2 aromatic heterocycles. The Kier molecular flexibility index (Phi) is 4.60. The highest BCUT2D eigenvalue weighted by atomic mass is 35.5. The maximum absolute atomic E-state index is 13.8. The second-order valence-corrected chi connectivity index (χ2v) is 6.13. The number of benzene rings is 1. The van der Waals surface area contributed by atoms with E-state index in [1.807, 2.05) is 0 Å². The van der Waals surface area contributed by atoms with Crippen molar-refractivity contribution in [3.05, 3.63) is 67.7 Å². The fourth-order valence-corrected chi connectivity index (χ4v) is 2.83. The van der Waals surface area contributed by atoms with Gasteiger partial charge in [-0.2, -0.15) is 0 Å². The van der Waals surface area contributed by atoms with E-state index in [0.717, 1.165) is 4.57 Å². The molecule has 0 aliphatic carbocycles. The van der Waals surface area contributed by atoms with Gasteiger partial charge in [-0.1, -0.05) is 17.7 Å². The third-order valence-corrected chi connectivity index (χ3v) is 4.33. The predicted octanol–water partition coefficient (Wildman–Crippen LogP) is 1.61. The molecule has 3 rings (SSSR count). The molecule has 2 heterocycles. The molecule has 7 nitrogen and oxygen atoms in total. The molecule has 1 aromatic carbocycles. The number of pyridine rings is 1. The van der Waals surface area contributed by atoms with E-state index < -0.39 is 23.0 Å². The zero-order valence-electron chi connectivity index (χ0n) is 13.9. The summed E-state index contributed by atoms with van der Waals surface area (Å²) in [5, 5.41) is 2.89. The molecule has 134 valence electrons. The van der Waals surface area contributed by atoms with Crippen LogP contribution in [0.15, 0.2) is 40.1 Å². The van der Waals surface area contributed by atoms with Gasteiger partial charge in [0.15, 0.2) is 0 Å². The third-order valence-electron chi connectivity index (χ3n) is 3.98. The van der Waals surface area contributed by atoms with E-state index in [2.05, 4.69) is 10.3 Å². The smallest absolute Gasteiger partial charge is 0.324 e. The second-order valence-electron chi connectivity index (χ2n) is 5.73. The lowest BCUT2D eigenvalue weighted by Gasteiger charge is -2.10. The number of anilines is 1. The Bertz CT molecular complexity index is 1130. The molecule has 1 amide bonds. The number of carbonyl (C=O) groups excluding carboxylic acids is 1. The summed E-state index contributed by atoms with van der Waals surface area (Å²) < 4.78 is 16.0. The van der Waals surface area contributed by atoms with E-state index in [9.17, 15) is 18.8 Å². The van der Waals surface area contributed by atoms with Gasteiger partial charge in [0.1, 0.15) is 11.5 Å². The quantitative estimate of drug-likeness (QED) is 0.752. The number of hydrogen-bond acceptors (Lipinski definition) is 4. The van der Waals surface area contributed by atoms with Crippen molar-refractivity contribution in [2.24, 2.45) is 14.1 Å². The van der Waals surface area contributed by atoms with Crippen LogP contribution >= 0.6 is 11.6 Å². The fraction of sp³-hybridized carbons (Fsp3) is 0.176. The first-order valence-corrected chi connectivity index (χ1v) is 7.96. The van der Waals surface area contributed by atoms with Crippen LogP contribution in [0.1, 0.15) is 5.56 Å². The third kappa shape index (κ3) is 3.11. The van der Waals surface area contributed by atoms with Crippen LogP contribution in [0.4, 0.5) is 10.1 Å². The standard InChI is InChI=1S/C17H14ClFN4O3/c1-22-15-11(16(25)23(2)17(22)26)6-9(8-20-15)21-14(24)7-10-12(18)4-3-5-13(10)19/h3-6,8H,7H2,1-2H3,(H,21,24). The molecule has 0 aliphatic heterocycles. The summed E-state index contributed by atoms with van der Waals surface area (Å²) >= 11 is 5.92. The molecule has 0 saturated carbocycles. The number of aromatic nitrogens is 3. The minimum absolute atomic E-state index is 0.0822. The number of hydrogen-bond donors (Lipinski definition) is 1. The number of aryl methyl sites for hydroxylation is 1. The van der Waals surface area contributed by atoms with Crippen molar-refractivity contribution in [3.8, 4) is 0 Å². The Morgan fingerprint density at radius 1 is 1.27 bits per heavy atom. The topological polar surface area (TPSA) is 86.0 Å². The summed E-state index contributed by atoms with van der Waals surface area (Å²) in [7, 11) is 2.85. The van der Waals surface area contributed by atoms with E-state index in [-0.39, 0.29) is 33.7 Å². The molecule has 0 bridgehead atoms. The summed E-state index contributed by atoms with van der Waals surface area (Å²) in [5.41, 5.74) is -0.484. The average molecular weight is 377 g/mol. The highest BCUT2D eigenvalue weighted by Gasteiger charge is 2.14. The van der Waals surface area contributed by atoms with E-state index in [1.165, 1.54) is 49.1 Å². The number of nitrogens with zero attached hydrogens (tertiary/aromatic N) is 3. The molecule has 0 saturated heterocycles. The Morgan fingerprint density at radius 3 is 2.69 bits per heavy atom. The molecule has 0 fully saturated rings. The van der Waals surface area contributed by atoms with Gasteiger partial charge in [-0.3, -0.25) is 18.7 Å². The number of halogens is 2. The first-order valence-electron chi connectivity index (χ1n) is 7.58. The monoisotopic (exact) mass is 376 g/mol. The number of fused-ring (bicyclic) bond motifs is 1. The van der Waals surface area contributed by atoms with Gasteiger partial charge in [0.05, 0.1) is 23.7 Å². The second kappa shape index (κ2) is 6.72. The van der Waals surface area contributed by atoms with Crippen LogP contribution in [0.3, 0.4) is 0 Å². The molecule has 0 atom stereocenters. The van der Waals surface area contributed by atoms with Gasteiger partial charge in [-0.25, -0.2) is 14.2 Å². The zero-order valence-corrected chi connectivity index (χ0v) is 14.7. The van der Waals surface area contributed by atoms with E-state index >= 15 is 0 Å². The lowest BCUT2D eigenvalue weighted by Crippen LogP contribution is -2.37. The van der Waals surface area contributed by atoms with Crippen LogP contribution in [-0.2, 0) is 25.3 Å². The van der Waals surface area contributed by atoms with Crippen molar-refractivity contribution >= 4 is 34.2 Å². The first kappa shape index (κ1) is 17.8. The molecule has 0 unspecified atom stereocenters. The minimum atomic E-state index is -0.576. The van der Waals surface area contributed by atoms with Crippen molar-refractivity contribution in [1.82, 2.24) is 14.1 Å². The Morgan fingerprint density at radius 2 is 2.00 bits per heavy atom. The molecule has 3 aromatic rings. The number of carbonyl (C=O) groups is 1. The van der Waals surface area contributed by atoms with Crippen molar-refractivity contribution in [2.45, 2.75) is 6.42 Å². The Balaban J connectivity index is 1.93. The average Bonchev–Trinajstić information content (AvgIpc) is 2.61. The molecule has 9 heteroatoms. The van der Waals surface area contributed by atoms with E-state index in [1.54, 1.807) is 0 Å². The maximum atomic E-state index is 13.8. The van der Waals surface area contributed by atoms with Crippen LogP contribution in [-0.4, -0.2) is 20.0 Å². The van der Waals surface area contributed by atoms with Crippen molar-refractivity contribution in [2.75, 3.05) is 5.32 Å². The van der Waals surface area contributed by atoms with Crippen LogP contribution < -0.4 is 16.6 Å². The highest BCUT2D eigenvalue weighted by molar-refractivity contribution is 6.31. The Hall–Kier alpha value is -3.00. The minimum Gasteiger partial charge on any atom is -0.324 e. The van der Waals surface area contributed by atoms with E-state index in [4.69, 9.17) is 11.6 Å². The SMILES string of the molecule is Cn1c(=O)c2cc(NC(=O)Cc3c(F)cccc3Cl)cnc2n(C)c1=O. The normalized spacial score (nSPS) is 10.9. The van der Waals surface area contributed by atoms with Crippen LogP contribution in [0, 0.1) is 5.82 Å². The van der Waals surface area contributed by atoms with E-state index in [0.29, 0.717) is 0 Å². The molecule has 26 heavy (non-hydrogen) atoms. The van der Waals surface area contributed by atoms with Crippen molar-refractivity contribution < 1.29 is 9.18 Å². The largest absolute Gasteiger partial charge is 0.332 e. The Labute approximate surface area is 151 Å². The van der Waals surface area contributed by atoms with Crippen molar-refractivity contribution in [3.63, 3.8) is 0 Å². The molecular weight excluding hydrogens is 363 g/mol. The summed E-state index contributed by atoms with van der Waals surface area (Å²) in [6.45, 7) is 0. The van der Waals surface area contributed by atoms with Crippen molar-refractivity contribution in [1.29, 1.82) is 0 Å². The van der Waals surface area contributed by atoms with Crippen LogP contribution in [0.25, 0.3) is 11.0 Å². The highest BCUT2D eigenvalue weighted by Crippen LogP contribution is 2.20. The molecule has 1 N–H and O–H groups in total. The van der Waals surface area contributed by atoms with Gasteiger partial charge < -0.3 is 5.32 Å². The first-order chi connectivity index (χ1) is 12.3. The van der Waals surface area contributed by atoms with Gasteiger partial charge >= 0.3 is 5.69 Å². The summed E-state index contributed by atoms with van der Waals surface area (Å²) in [6.07, 6.45) is 1.05. The lowest BCUT2D eigenvalue weighted by atomic mass is 10.1. The van der Waals surface area contributed by atoms with Crippen LogP contribution in [0.5, 0.6) is 0 Å². The number of rotatable bonds is 3. The molecular formula is C17H14ClFN4O3. The van der Waals surface area contributed by atoms with Gasteiger partial charge in [0.25, 0.3) is 5.56 Å². The maximum Gasteiger partial charge on any atom is 0.332 e. The van der Waals surface area contributed by atoms with Crippen LogP contribution in [0.2, 0.25) is 5.02 Å². The number of amides is 1. The molecule has 0 aliphatic rings. The predicted molar refractivity (Wildman–Crippen MR) is 96.0 cm³/mol. The van der Waals surface area contributed by atoms with Gasteiger partial charge in [-0.05, 0) is 18.2 Å². The number of nitrogens with one attached hydrogen (secondary N) is 1. The molecule has 0 spiro atoms. The van der Waals surface area contributed by atoms with Gasteiger partial charge in [-0.15, -0.1) is 0 Å².